The third-order valence-electron chi connectivity index (χ3n) is 3.63. The molecule has 1 atom stereocenters. The van der Waals surface area contributed by atoms with Crippen molar-refractivity contribution in [3.8, 4) is 0 Å². The fraction of sp³-hybridized carbons (Fsp3) is 1.00. The molecule has 2 heterocycles. The lowest BCUT2D eigenvalue weighted by atomic mass is 9.86. The third-order valence-corrected chi connectivity index (χ3v) is 3.63. The highest BCUT2D eigenvalue weighted by atomic mass is 15.3. The van der Waals surface area contributed by atoms with E-state index >= 15 is 0 Å². The Kier molecular flexibility index (Phi) is 2.58. The molecule has 13 heavy (non-hydrogen) atoms. The topological polar surface area (TPSA) is 18.5 Å². The number of piperidine rings is 1. The van der Waals surface area contributed by atoms with Crippen LogP contribution >= 0.6 is 0 Å². The van der Waals surface area contributed by atoms with E-state index in [1.807, 2.05) is 0 Å². The summed E-state index contributed by atoms with van der Waals surface area (Å²) in [4.78, 5) is 5.02. The highest BCUT2D eigenvalue weighted by Crippen LogP contribution is 2.26. The van der Waals surface area contributed by atoms with Crippen molar-refractivity contribution in [2.24, 2.45) is 0 Å². The maximum Gasteiger partial charge on any atom is 0.0458 e. The predicted molar refractivity (Wildman–Crippen MR) is 55.0 cm³/mol. The standard InChI is InChI=1S/C10H21N3/c1-12-6-3-4-10(9-12)8-11-5-7-13(10)2/h11H,3-9H2,1-2H3. The molecule has 0 aromatic heterocycles. The van der Waals surface area contributed by atoms with Gasteiger partial charge in [0.2, 0.25) is 0 Å². The number of hydrogen-bond acceptors (Lipinski definition) is 3. The van der Waals surface area contributed by atoms with Crippen LogP contribution in [0.15, 0.2) is 0 Å². The van der Waals surface area contributed by atoms with Crippen LogP contribution in [0.2, 0.25) is 0 Å². The zero-order valence-corrected chi connectivity index (χ0v) is 8.84. The van der Waals surface area contributed by atoms with Crippen molar-refractivity contribution in [3.63, 3.8) is 0 Å². The summed E-state index contributed by atoms with van der Waals surface area (Å²) < 4.78 is 0. The van der Waals surface area contributed by atoms with Crippen LogP contribution in [0.25, 0.3) is 0 Å². The molecule has 2 rings (SSSR count). The van der Waals surface area contributed by atoms with E-state index in [1.54, 1.807) is 0 Å². The average Bonchev–Trinajstić information content (AvgIpc) is 2.11. The minimum Gasteiger partial charge on any atom is -0.314 e. The van der Waals surface area contributed by atoms with Crippen LogP contribution in [0.4, 0.5) is 0 Å². The van der Waals surface area contributed by atoms with Crippen molar-refractivity contribution in [1.29, 1.82) is 0 Å². The second-order valence-electron chi connectivity index (χ2n) is 4.66. The number of piperazine rings is 1. The van der Waals surface area contributed by atoms with Crippen LogP contribution in [0.3, 0.4) is 0 Å². The van der Waals surface area contributed by atoms with Crippen LogP contribution in [0.5, 0.6) is 0 Å². The van der Waals surface area contributed by atoms with Gasteiger partial charge in [-0.3, -0.25) is 4.90 Å². The van der Waals surface area contributed by atoms with Crippen molar-refractivity contribution in [2.75, 3.05) is 46.8 Å². The molecule has 3 nitrogen and oxygen atoms in total. The monoisotopic (exact) mass is 183 g/mol. The van der Waals surface area contributed by atoms with E-state index in [4.69, 9.17) is 0 Å². The molecule has 0 aliphatic carbocycles. The number of hydrogen-bond donors (Lipinski definition) is 1. The van der Waals surface area contributed by atoms with Crippen molar-refractivity contribution < 1.29 is 0 Å². The van der Waals surface area contributed by atoms with E-state index in [0.29, 0.717) is 5.54 Å². The molecule has 2 saturated heterocycles. The largest absolute Gasteiger partial charge is 0.314 e. The molecule has 0 bridgehead atoms. The summed E-state index contributed by atoms with van der Waals surface area (Å²) in [6.45, 7) is 6.04. The maximum absolute atomic E-state index is 3.53. The summed E-state index contributed by atoms with van der Waals surface area (Å²) in [5.74, 6) is 0. The van der Waals surface area contributed by atoms with E-state index in [2.05, 4.69) is 29.2 Å². The molecule has 0 aromatic rings. The fourth-order valence-electron chi connectivity index (χ4n) is 2.73. The average molecular weight is 183 g/mol. The second-order valence-corrected chi connectivity index (χ2v) is 4.66. The van der Waals surface area contributed by atoms with Gasteiger partial charge >= 0.3 is 0 Å². The lowest BCUT2D eigenvalue weighted by Crippen LogP contribution is -2.65. The third kappa shape index (κ3) is 1.73. The molecule has 0 radical (unpaired) electrons. The summed E-state index contributed by atoms with van der Waals surface area (Å²) in [5.41, 5.74) is 0.436. The Hall–Kier alpha value is -0.120. The van der Waals surface area contributed by atoms with Gasteiger partial charge in [-0.1, -0.05) is 0 Å². The van der Waals surface area contributed by atoms with Gasteiger partial charge in [0, 0.05) is 31.7 Å². The first-order chi connectivity index (χ1) is 6.23. The molecule has 2 fully saturated rings. The van der Waals surface area contributed by atoms with Gasteiger partial charge in [0.15, 0.2) is 0 Å². The summed E-state index contributed by atoms with van der Waals surface area (Å²) >= 11 is 0. The summed E-state index contributed by atoms with van der Waals surface area (Å²) in [7, 11) is 4.52. The number of rotatable bonds is 0. The molecule has 2 aliphatic rings. The Bertz CT molecular complexity index is 179. The van der Waals surface area contributed by atoms with Gasteiger partial charge in [-0.05, 0) is 33.5 Å². The summed E-state index contributed by atoms with van der Waals surface area (Å²) in [6, 6.07) is 0. The zero-order chi connectivity index (χ0) is 9.31. The molecule has 3 heteroatoms. The second kappa shape index (κ2) is 3.56. The van der Waals surface area contributed by atoms with E-state index in [0.717, 1.165) is 6.54 Å². The molecular formula is C10H21N3. The fourth-order valence-corrected chi connectivity index (χ4v) is 2.73. The van der Waals surface area contributed by atoms with Crippen molar-refractivity contribution in [3.05, 3.63) is 0 Å². The van der Waals surface area contributed by atoms with Gasteiger partial charge in [-0.25, -0.2) is 0 Å². The minimum absolute atomic E-state index is 0.436. The van der Waals surface area contributed by atoms with Gasteiger partial charge in [0.1, 0.15) is 0 Å². The van der Waals surface area contributed by atoms with Crippen molar-refractivity contribution >= 4 is 0 Å². The predicted octanol–water partition coefficient (Wildman–Crippen LogP) is -0.0142. The van der Waals surface area contributed by atoms with Gasteiger partial charge in [0.05, 0.1) is 0 Å². The van der Waals surface area contributed by atoms with Gasteiger partial charge in [-0.15, -0.1) is 0 Å². The molecule has 0 aromatic carbocycles. The summed E-state index contributed by atoms with van der Waals surface area (Å²) in [6.07, 6.45) is 2.71. The Morgan fingerprint density at radius 3 is 2.77 bits per heavy atom. The lowest BCUT2D eigenvalue weighted by molar-refractivity contribution is 0.0205. The van der Waals surface area contributed by atoms with Crippen molar-refractivity contribution in [1.82, 2.24) is 15.1 Å². The Morgan fingerprint density at radius 1 is 1.23 bits per heavy atom. The molecular weight excluding hydrogens is 162 g/mol. The smallest absolute Gasteiger partial charge is 0.0458 e. The van der Waals surface area contributed by atoms with Crippen LogP contribution in [-0.4, -0.2) is 62.2 Å². The van der Waals surface area contributed by atoms with Crippen molar-refractivity contribution in [2.45, 2.75) is 18.4 Å². The molecule has 1 unspecified atom stereocenters. The van der Waals surface area contributed by atoms with Gasteiger partial charge < -0.3 is 10.2 Å². The molecule has 1 N–H and O–H groups in total. The lowest BCUT2D eigenvalue weighted by Gasteiger charge is -2.50. The SMILES string of the molecule is CN1CCCC2(CNCCN2C)C1. The van der Waals surface area contributed by atoms with Crippen LogP contribution in [0, 0.1) is 0 Å². The summed E-state index contributed by atoms with van der Waals surface area (Å²) in [5, 5.41) is 3.53. The van der Waals surface area contributed by atoms with E-state index < -0.39 is 0 Å². The van der Waals surface area contributed by atoms with Crippen LogP contribution < -0.4 is 5.32 Å². The number of likely N-dealkylation sites (tertiary alicyclic amines) is 1. The number of nitrogens with zero attached hydrogens (tertiary/aromatic N) is 2. The van der Waals surface area contributed by atoms with Crippen LogP contribution in [0.1, 0.15) is 12.8 Å². The maximum atomic E-state index is 3.53. The molecule has 1 spiro atoms. The molecule has 76 valence electrons. The zero-order valence-electron chi connectivity index (χ0n) is 8.84. The normalized spacial score (nSPS) is 38.3. The first-order valence-corrected chi connectivity index (χ1v) is 5.33. The number of nitrogens with one attached hydrogen (secondary N) is 1. The molecule has 0 amide bonds. The number of likely N-dealkylation sites (N-methyl/N-ethyl adjacent to an activating group) is 2. The first kappa shape index (κ1) is 9.44. The highest BCUT2D eigenvalue weighted by Gasteiger charge is 2.39. The molecule has 0 saturated carbocycles. The van der Waals surface area contributed by atoms with E-state index in [1.165, 1.54) is 39.0 Å². The van der Waals surface area contributed by atoms with Gasteiger partial charge in [0.25, 0.3) is 0 Å². The van der Waals surface area contributed by atoms with E-state index in [9.17, 15) is 0 Å². The van der Waals surface area contributed by atoms with Gasteiger partial charge in [-0.2, -0.15) is 0 Å². The Morgan fingerprint density at radius 2 is 2.08 bits per heavy atom. The minimum atomic E-state index is 0.436. The quantitative estimate of drug-likeness (QED) is 0.570. The van der Waals surface area contributed by atoms with Crippen LogP contribution in [-0.2, 0) is 0 Å². The first-order valence-electron chi connectivity index (χ1n) is 5.33. The highest BCUT2D eigenvalue weighted by molar-refractivity contribution is 4.98. The molecule has 2 aliphatic heterocycles. The Labute approximate surface area is 81.1 Å². The Balaban J connectivity index is 2.07. The van der Waals surface area contributed by atoms with E-state index in [-0.39, 0.29) is 0 Å².